The number of benzene rings is 1. The Hall–Kier alpha value is -1.19. The number of unbranched alkanes of at least 4 members (excludes halogenated alkanes) is 1. The van der Waals surface area contributed by atoms with Crippen molar-refractivity contribution in [2.45, 2.75) is 57.7 Å². The second kappa shape index (κ2) is 7.71. The molecule has 116 valence electrons. The number of rotatable bonds is 7. The van der Waals surface area contributed by atoms with Crippen molar-refractivity contribution < 1.29 is 15.0 Å². The molecule has 3 nitrogen and oxygen atoms in total. The molecule has 0 saturated heterocycles. The molecule has 4 atom stereocenters. The zero-order valence-corrected chi connectivity index (χ0v) is 12.7. The number of aliphatic hydroxyl groups excluding tert-OH is 2. The van der Waals surface area contributed by atoms with Crippen LogP contribution in [0.3, 0.4) is 0 Å². The van der Waals surface area contributed by atoms with Gasteiger partial charge >= 0.3 is 0 Å². The summed E-state index contributed by atoms with van der Waals surface area (Å²) in [5, 5.41) is 20.3. The third-order valence-corrected chi connectivity index (χ3v) is 4.68. The first-order chi connectivity index (χ1) is 10.1. The second-order valence-corrected chi connectivity index (χ2v) is 6.13. The molecule has 1 aliphatic rings. The maximum Gasteiger partial charge on any atom is 0.139 e. The third-order valence-electron chi connectivity index (χ3n) is 4.68. The molecule has 1 fully saturated rings. The topological polar surface area (TPSA) is 57.5 Å². The van der Waals surface area contributed by atoms with Gasteiger partial charge < -0.3 is 10.2 Å². The number of aryl methyl sites for hydroxylation is 1. The lowest BCUT2D eigenvalue weighted by molar-refractivity contribution is -0.122. The number of ketones is 1. The molecule has 21 heavy (non-hydrogen) atoms. The van der Waals surface area contributed by atoms with Crippen molar-refractivity contribution in [3.63, 3.8) is 0 Å². The van der Waals surface area contributed by atoms with E-state index in [1.54, 1.807) is 0 Å². The van der Waals surface area contributed by atoms with Crippen LogP contribution >= 0.6 is 0 Å². The van der Waals surface area contributed by atoms with Gasteiger partial charge in [-0.25, -0.2) is 0 Å². The molecular formula is C18H26O3. The van der Waals surface area contributed by atoms with Gasteiger partial charge in [0.05, 0.1) is 12.2 Å². The summed E-state index contributed by atoms with van der Waals surface area (Å²) in [7, 11) is 0. The van der Waals surface area contributed by atoms with E-state index in [0.29, 0.717) is 12.8 Å². The van der Waals surface area contributed by atoms with Crippen molar-refractivity contribution in [1.29, 1.82) is 0 Å². The van der Waals surface area contributed by atoms with Crippen LogP contribution in [0, 0.1) is 11.8 Å². The van der Waals surface area contributed by atoms with E-state index in [4.69, 9.17) is 0 Å². The summed E-state index contributed by atoms with van der Waals surface area (Å²) in [6, 6.07) is 10.3. The van der Waals surface area contributed by atoms with Crippen LogP contribution in [-0.2, 0) is 11.2 Å². The molecule has 1 aliphatic carbocycles. The molecule has 1 saturated carbocycles. The predicted octanol–water partition coefficient (Wildman–Crippen LogP) is 2.74. The van der Waals surface area contributed by atoms with Gasteiger partial charge in [-0.15, -0.1) is 0 Å². The van der Waals surface area contributed by atoms with Gasteiger partial charge in [-0.2, -0.15) is 0 Å². The van der Waals surface area contributed by atoms with Crippen molar-refractivity contribution in [1.82, 2.24) is 0 Å². The van der Waals surface area contributed by atoms with Crippen LogP contribution in [0.2, 0.25) is 0 Å². The highest BCUT2D eigenvalue weighted by atomic mass is 16.3. The van der Waals surface area contributed by atoms with Crippen LogP contribution in [-0.4, -0.2) is 28.2 Å². The monoisotopic (exact) mass is 290 g/mol. The summed E-state index contributed by atoms with van der Waals surface area (Å²) >= 11 is 0. The van der Waals surface area contributed by atoms with E-state index in [1.165, 1.54) is 5.56 Å². The fraction of sp³-hybridized carbons (Fsp3) is 0.611. The molecule has 0 amide bonds. The Morgan fingerprint density at radius 1 is 1.24 bits per heavy atom. The average molecular weight is 290 g/mol. The first-order valence-electron chi connectivity index (χ1n) is 8.06. The van der Waals surface area contributed by atoms with Gasteiger partial charge in [-0.3, -0.25) is 4.79 Å². The lowest BCUT2D eigenvalue weighted by atomic mass is 9.85. The molecule has 0 radical (unpaired) electrons. The number of hydrogen-bond donors (Lipinski definition) is 2. The molecule has 1 unspecified atom stereocenters. The van der Waals surface area contributed by atoms with Crippen LogP contribution in [0.25, 0.3) is 0 Å². The fourth-order valence-corrected chi connectivity index (χ4v) is 3.52. The van der Waals surface area contributed by atoms with Crippen LogP contribution in [0.4, 0.5) is 0 Å². The second-order valence-electron chi connectivity index (χ2n) is 6.13. The van der Waals surface area contributed by atoms with Crippen molar-refractivity contribution in [2.75, 3.05) is 0 Å². The first kappa shape index (κ1) is 16.2. The van der Waals surface area contributed by atoms with E-state index in [9.17, 15) is 15.0 Å². The Morgan fingerprint density at radius 3 is 2.62 bits per heavy atom. The van der Waals surface area contributed by atoms with E-state index >= 15 is 0 Å². The Labute approximate surface area is 127 Å². The number of carbonyl (C=O) groups is 1. The summed E-state index contributed by atoms with van der Waals surface area (Å²) in [6.07, 6.45) is 3.32. The van der Waals surface area contributed by atoms with Gasteiger partial charge in [0, 0.05) is 18.3 Å². The van der Waals surface area contributed by atoms with Crippen molar-refractivity contribution in [3.8, 4) is 0 Å². The Balaban J connectivity index is 1.76. The Bertz CT molecular complexity index is 443. The molecule has 3 heteroatoms. The number of Topliss-reactive ketones (excluding diaryl/α,β-unsaturated/α-hetero) is 1. The molecule has 0 heterocycles. The van der Waals surface area contributed by atoms with Crippen molar-refractivity contribution in [3.05, 3.63) is 35.9 Å². The molecule has 0 bridgehead atoms. The summed E-state index contributed by atoms with van der Waals surface area (Å²) in [5.41, 5.74) is 1.31. The summed E-state index contributed by atoms with van der Waals surface area (Å²) in [6.45, 7) is 1.95. The van der Waals surface area contributed by atoms with Gasteiger partial charge in [0.2, 0.25) is 0 Å². The zero-order chi connectivity index (χ0) is 15.2. The van der Waals surface area contributed by atoms with Crippen LogP contribution in [0.1, 0.15) is 44.6 Å². The standard InChI is InChI=1S/C18H26O3/c1-2-14-16(20)12-17(21)18(14)15(19)11-7-6-10-13-8-4-3-5-9-13/h3-5,8-9,14-15,17-19,21H,2,6-7,10-12H2,1H3/t14-,15?,17+,18+/m0/s1. The van der Waals surface area contributed by atoms with Gasteiger partial charge in [-0.05, 0) is 31.2 Å². The summed E-state index contributed by atoms with van der Waals surface area (Å²) in [4.78, 5) is 11.8. The summed E-state index contributed by atoms with van der Waals surface area (Å²) in [5.74, 6) is -0.318. The molecule has 1 aromatic carbocycles. The highest BCUT2D eigenvalue weighted by Crippen LogP contribution is 2.35. The average Bonchev–Trinajstić information content (AvgIpc) is 2.78. The number of carbonyl (C=O) groups excluding carboxylic acids is 1. The Kier molecular flexibility index (Phi) is 5.95. The van der Waals surface area contributed by atoms with E-state index in [1.807, 2.05) is 25.1 Å². The highest BCUT2D eigenvalue weighted by molar-refractivity contribution is 5.84. The normalized spacial score (nSPS) is 27.0. The molecule has 0 spiro atoms. The SMILES string of the molecule is CC[C@H]1C(=O)C[C@@H](O)[C@H]1C(O)CCCCc1ccccc1. The number of aliphatic hydroxyl groups is 2. The van der Waals surface area contributed by atoms with Crippen LogP contribution < -0.4 is 0 Å². The molecule has 0 aromatic heterocycles. The maximum atomic E-state index is 11.8. The largest absolute Gasteiger partial charge is 0.393 e. The van der Waals surface area contributed by atoms with Crippen molar-refractivity contribution in [2.24, 2.45) is 11.8 Å². The minimum absolute atomic E-state index is 0.110. The quantitative estimate of drug-likeness (QED) is 0.759. The van der Waals surface area contributed by atoms with E-state index in [-0.39, 0.29) is 24.0 Å². The van der Waals surface area contributed by atoms with Crippen LogP contribution in [0.15, 0.2) is 30.3 Å². The smallest absolute Gasteiger partial charge is 0.139 e. The highest BCUT2D eigenvalue weighted by Gasteiger charge is 2.43. The minimum Gasteiger partial charge on any atom is -0.393 e. The van der Waals surface area contributed by atoms with Crippen LogP contribution in [0.5, 0.6) is 0 Å². The maximum absolute atomic E-state index is 11.8. The fourth-order valence-electron chi connectivity index (χ4n) is 3.52. The zero-order valence-electron chi connectivity index (χ0n) is 12.7. The summed E-state index contributed by atoms with van der Waals surface area (Å²) < 4.78 is 0. The van der Waals surface area contributed by atoms with Gasteiger partial charge in [0.1, 0.15) is 5.78 Å². The minimum atomic E-state index is -0.661. The number of hydrogen-bond acceptors (Lipinski definition) is 3. The van der Waals surface area contributed by atoms with Gasteiger partial charge in [0.15, 0.2) is 0 Å². The lowest BCUT2D eigenvalue weighted by Crippen LogP contribution is -2.32. The molecule has 0 aliphatic heterocycles. The van der Waals surface area contributed by atoms with Crippen molar-refractivity contribution >= 4 is 5.78 Å². The molecule has 1 aromatic rings. The third kappa shape index (κ3) is 4.14. The van der Waals surface area contributed by atoms with Gasteiger partial charge in [-0.1, -0.05) is 43.7 Å². The molecule has 2 rings (SSSR count). The van der Waals surface area contributed by atoms with E-state index < -0.39 is 12.2 Å². The Morgan fingerprint density at radius 2 is 1.95 bits per heavy atom. The van der Waals surface area contributed by atoms with E-state index in [2.05, 4.69) is 12.1 Å². The molecular weight excluding hydrogens is 264 g/mol. The van der Waals surface area contributed by atoms with Gasteiger partial charge in [0.25, 0.3) is 0 Å². The first-order valence-corrected chi connectivity index (χ1v) is 8.06. The van der Waals surface area contributed by atoms with E-state index in [0.717, 1.165) is 19.3 Å². The molecule has 2 N–H and O–H groups in total. The predicted molar refractivity (Wildman–Crippen MR) is 82.9 cm³/mol. The lowest BCUT2D eigenvalue weighted by Gasteiger charge is -2.25.